The van der Waals surface area contributed by atoms with Gasteiger partial charge in [0.15, 0.2) is 11.0 Å². The van der Waals surface area contributed by atoms with Crippen LogP contribution in [0.3, 0.4) is 0 Å². The molecule has 1 aromatic carbocycles. The van der Waals surface area contributed by atoms with E-state index in [1.54, 1.807) is 18.2 Å². The van der Waals surface area contributed by atoms with Crippen LogP contribution in [0.25, 0.3) is 11.4 Å². The van der Waals surface area contributed by atoms with Crippen molar-refractivity contribution in [3.8, 4) is 11.4 Å². The summed E-state index contributed by atoms with van der Waals surface area (Å²) >= 11 is 1.01. The molecular weight excluding hydrogens is 216 g/mol. The molecule has 7 heteroatoms. The second kappa shape index (κ2) is 3.62. The van der Waals surface area contributed by atoms with E-state index in [0.717, 1.165) is 11.5 Å². The van der Waals surface area contributed by atoms with Gasteiger partial charge >= 0.3 is 0 Å². The fraction of sp³-hybridized carbons (Fsp3) is 0. The van der Waals surface area contributed by atoms with E-state index >= 15 is 0 Å². The van der Waals surface area contributed by atoms with Gasteiger partial charge in [0.05, 0.1) is 10.5 Å². The van der Waals surface area contributed by atoms with Crippen molar-refractivity contribution in [1.29, 1.82) is 0 Å². The number of benzene rings is 1. The van der Waals surface area contributed by atoms with Crippen LogP contribution >= 0.6 is 11.5 Å². The van der Waals surface area contributed by atoms with Crippen LogP contribution in [-0.4, -0.2) is 14.3 Å². The summed E-state index contributed by atoms with van der Waals surface area (Å²) in [4.78, 5) is 14.2. The summed E-state index contributed by atoms with van der Waals surface area (Å²) in [5.41, 5.74) is 5.78. The van der Waals surface area contributed by atoms with Gasteiger partial charge in [-0.25, -0.2) is 0 Å². The number of aromatic nitrogens is 2. The first-order chi connectivity index (χ1) is 7.18. The van der Waals surface area contributed by atoms with Crippen molar-refractivity contribution >= 4 is 22.4 Å². The van der Waals surface area contributed by atoms with Crippen molar-refractivity contribution in [1.82, 2.24) is 9.36 Å². The van der Waals surface area contributed by atoms with Gasteiger partial charge in [-0.2, -0.15) is 9.36 Å². The zero-order chi connectivity index (χ0) is 10.8. The quantitative estimate of drug-likeness (QED) is 0.616. The number of anilines is 1. The molecule has 1 heterocycles. The van der Waals surface area contributed by atoms with Crippen LogP contribution < -0.4 is 5.73 Å². The van der Waals surface area contributed by atoms with Crippen LogP contribution in [-0.2, 0) is 0 Å². The summed E-state index contributed by atoms with van der Waals surface area (Å²) in [7, 11) is 0. The van der Waals surface area contributed by atoms with Gasteiger partial charge in [-0.15, -0.1) is 0 Å². The van der Waals surface area contributed by atoms with Crippen LogP contribution in [0.2, 0.25) is 0 Å². The number of nitrogen functional groups attached to an aromatic ring is 1. The maximum atomic E-state index is 10.7. The Labute approximate surface area is 88.7 Å². The van der Waals surface area contributed by atoms with Gasteiger partial charge in [0.2, 0.25) is 0 Å². The van der Waals surface area contributed by atoms with Crippen LogP contribution in [0.1, 0.15) is 0 Å². The first kappa shape index (κ1) is 9.53. The van der Waals surface area contributed by atoms with E-state index in [1.165, 1.54) is 6.07 Å². The molecule has 0 bridgehead atoms. The maximum absolute atomic E-state index is 10.7. The SMILES string of the molecule is Nc1nc(-c2ccccc2[N+](=O)[O-])ns1. The highest BCUT2D eigenvalue weighted by Gasteiger charge is 2.17. The summed E-state index contributed by atoms with van der Waals surface area (Å²) < 4.78 is 3.93. The molecule has 0 radical (unpaired) electrons. The third kappa shape index (κ3) is 1.77. The summed E-state index contributed by atoms with van der Waals surface area (Å²) in [5.74, 6) is 0.296. The number of nitro groups is 1. The van der Waals surface area contributed by atoms with E-state index in [0.29, 0.717) is 16.5 Å². The Kier molecular flexibility index (Phi) is 2.30. The van der Waals surface area contributed by atoms with Crippen molar-refractivity contribution in [3.05, 3.63) is 34.4 Å². The van der Waals surface area contributed by atoms with Gasteiger partial charge in [-0.3, -0.25) is 10.1 Å². The average molecular weight is 222 g/mol. The van der Waals surface area contributed by atoms with Crippen LogP contribution in [0.15, 0.2) is 24.3 Å². The highest BCUT2D eigenvalue weighted by molar-refractivity contribution is 7.09. The Hall–Kier alpha value is -2.02. The molecule has 2 N–H and O–H groups in total. The van der Waals surface area contributed by atoms with Crippen molar-refractivity contribution in [2.45, 2.75) is 0 Å². The maximum Gasteiger partial charge on any atom is 0.280 e. The van der Waals surface area contributed by atoms with E-state index in [9.17, 15) is 10.1 Å². The molecule has 0 saturated carbocycles. The molecule has 0 aliphatic rings. The van der Waals surface area contributed by atoms with Gasteiger partial charge in [-0.1, -0.05) is 12.1 Å². The predicted molar refractivity (Wildman–Crippen MR) is 56.4 cm³/mol. The van der Waals surface area contributed by atoms with E-state index < -0.39 is 4.92 Å². The lowest BCUT2D eigenvalue weighted by molar-refractivity contribution is -0.384. The minimum atomic E-state index is -0.466. The van der Waals surface area contributed by atoms with E-state index in [4.69, 9.17) is 5.73 Å². The number of hydrogen-bond donors (Lipinski definition) is 1. The molecule has 2 rings (SSSR count). The summed E-state index contributed by atoms with van der Waals surface area (Å²) in [5, 5.41) is 11.0. The number of nitrogens with two attached hydrogens (primary N) is 1. The second-order valence-electron chi connectivity index (χ2n) is 2.73. The first-order valence-corrected chi connectivity index (χ1v) is 4.79. The molecule has 0 spiro atoms. The van der Waals surface area contributed by atoms with Gasteiger partial charge < -0.3 is 5.73 Å². The molecule has 0 atom stereocenters. The Morgan fingerprint density at radius 2 is 2.13 bits per heavy atom. The Bertz CT molecular complexity index is 511. The van der Waals surface area contributed by atoms with E-state index in [1.807, 2.05) is 0 Å². The molecule has 2 aromatic rings. The number of nitrogens with zero attached hydrogens (tertiary/aromatic N) is 3. The summed E-state index contributed by atoms with van der Waals surface area (Å²) in [6, 6.07) is 6.29. The Balaban J connectivity index is 2.57. The predicted octanol–water partition coefficient (Wildman–Crippen LogP) is 1.70. The lowest BCUT2D eigenvalue weighted by Crippen LogP contribution is -1.92. The minimum absolute atomic E-state index is 0.0182. The van der Waals surface area contributed by atoms with Gasteiger partial charge in [0.1, 0.15) is 0 Å². The lowest BCUT2D eigenvalue weighted by Gasteiger charge is -1.96. The van der Waals surface area contributed by atoms with Crippen molar-refractivity contribution in [3.63, 3.8) is 0 Å². The number of rotatable bonds is 2. The molecular formula is C8H6N4O2S. The fourth-order valence-corrected chi connectivity index (χ4v) is 1.61. The molecule has 0 unspecified atom stereocenters. The Morgan fingerprint density at radius 1 is 1.40 bits per heavy atom. The Morgan fingerprint density at radius 3 is 2.73 bits per heavy atom. The van der Waals surface area contributed by atoms with Gasteiger partial charge in [-0.05, 0) is 6.07 Å². The topological polar surface area (TPSA) is 94.9 Å². The zero-order valence-corrected chi connectivity index (χ0v) is 8.27. The smallest absolute Gasteiger partial charge is 0.280 e. The zero-order valence-electron chi connectivity index (χ0n) is 7.45. The molecule has 6 nitrogen and oxygen atoms in total. The highest BCUT2D eigenvalue weighted by Crippen LogP contribution is 2.28. The van der Waals surface area contributed by atoms with Crippen molar-refractivity contribution in [2.75, 3.05) is 5.73 Å². The molecule has 0 aliphatic carbocycles. The molecule has 0 amide bonds. The normalized spacial score (nSPS) is 10.1. The standard InChI is InChI=1S/C8H6N4O2S/c9-8-10-7(11-15-8)5-3-1-2-4-6(5)12(13)14/h1-4H,(H2,9,10,11). The van der Waals surface area contributed by atoms with Crippen molar-refractivity contribution < 1.29 is 4.92 Å². The monoisotopic (exact) mass is 222 g/mol. The van der Waals surface area contributed by atoms with E-state index in [2.05, 4.69) is 9.36 Å². The van der Waals surface area contributed by atoms with Gasteiger partial charge in [0, 0.05) is 17.6 Å². The molecule has 76 valence electrons. The van der Waals surface area contributed by atoms with E-state index in [-0.39, 0.29) is 5.69 Å². The fourth-order valence-electron chi connectivity index (χ4n) is 1.17. The molecule has 15 heavy (non-hydrogen) atoms. The van der Waals surface area contributed by atoms with Crippen LogP contribution in [0, 0.1) is 10.1 Å². The number of para-hydroxylation sites is 1. The van der Waals surface area contributed by atoms with Crippen LogP contribution in [0.5, 0.6) is 0 Å². The summed E-state index contributed by atoms with van der Waals surface area (Å²) in [6.45, 7) is 0. The average Bonchev–Trinajstić information content (AvgIpc) is 2.65. The highest BCUT2D eigenvalue weighted by atomic mass is 32.1. The molecule has 0 aliphatic heterocycles. The molecule has 1 aromatic heterocycles. The third-order valence-corrected chi connectivity index (χ3v) is 2.33. The lowest BCUT2D eigenvalue weighted by atomic mass is 10.2. The van der Waals surface area contributed by atoms with Crippen molar-refractivity contribution in [2.24, 2.45) is 0 Å². The van der Waals surface area contributed by atoms with Gasteiger partial charge in [0.25, 0.3) is 5.69 Å². The third-order valence-electron chi connectivity index (χ3n) is 1.78. The first-order valence-electron chi connectivity index (χ1n) is 4.01. The van der Waals surface area contributed by atoms with Crippen LogP contribution in [0.4, 0.5) is 10.8 Å². The number of hydrogen-bond acceptors (Lipinski definition) is 6. The molecule has 0 saturated heterocycles. The largest absolute Gasteiger partial charge is 0.374 e. The minimum Gasteiger partial charge on any atom is -0.374 e. The summed E-state index contributed by atoms with van der Waals surface area (Å²) in [6.07, 6.45) is 0. The number of nitro benzene ring substituents is 1. The molecule has 0 fully saturated rings. The second-order valence-corrected chi connectivity index (χ2v) is 3.51.